The molecule has 0 bridgehead atoms. The molecule has 146 valence electrons. The molecule has 27 heavy (non-hydrogen) atoms. The number of sulfone groups is 1. The molecule has 0 saturated carbocycles. The average Bonchev–Trinajstić information content (AvgIpc) is 2.55. The summed E-state index contributed by atoms with van der Waals surface area (Å²) in [4.78, 5) is 20.0. The molecule has 1 N–H and O–H groups in total. The van der Waals surface area contributed by atoms with Crippen molar-refractivity contribution in [3.63, 3.8) is 0 Å². The highest BCUT2D eigenvalue weighted by molar-refractivity contribution is 7.90. The van der Waals surface area contributed by atoms with Gasteiger partial charge in [-0.3, -0.25) is 14.7 Å². The van der Waals surface area contributed by atoms with E-state index < -0.39 is 38.1 Å². The van der Waals surface area contributed by atoms with Crippen LogP contribution in [0.15, 0.2) is 28.2 Å². The van der Waals surface area contributed by atoms with Crippen LogP contribution < -0.4 is 5.56 Å². The topological polar surface area (TPSA) is 83.1 Å². The number of aromatic amines is 1. The predicted octanol–water partition coefficient (Wildman–Crippen LogP) is 1.89. The Hall–Kier alpha value is -2.27. The molecule has 6 nitrogen and oxygen atoms in total. The molecule has 1 aliphatic heterocycles. The summed E-state index contributed by atoms with van der Waals surface area (Å²) < 4.78 is 75.0. The number of halogens is 4. The van der Waals surface area contributed by atoms with Crippen LogP contribution in [0.5, 0.6) is 0 Å². The van der Waals surface area contributed by atoms with Crippen molar-refractivity contribution < 1.29 is 26.0 Å². The zero-order valence-electron chi connectivity index (χ0n) is 14.1. The first-order chi connectivity index (χ1) is 12.4. The van der Waals surface area contributed by atoms with E-state index in [-0.39, 0.29) is 30.6 Å². The predicted molar refractivity (Wildman–Crippen MR) is 87.2 cm³/mol. The number of benzene rings is 1. The number of rotatable bonds is 3. The average molecular weight is 405 g/mol. The van der Waals surface area contributed by atoms with Crippen LogP contribution in [0.25, 0.3) is 0 Å². The molecule has 2 aromatic rings. The third-order valence-electron chi connectivity index (χ3n) is 4.25. The van der Waals surface area contributed by atoms with Crippen molar-refractivity contribution in [2.45, 2.75) is 30.8 Å². The van der Waals surface area contributed by atoms with Crippen LogP contribution >= 0.6 is 0 Å². The number of fused-ring (bicyclic) bond motifs is 1. The second-order valence-electron chi connectivity index (χ2n) is 6.33. The maximum Gasteiger partial charge on any atom is 0.416 e. The highest BCUT2D eigenvalue weighted by Gasteiger charge is 2.31. The van der Waals surface area contributed by atoms with Crippen molar-refractivity contribution in [2.24, 2.45) is 0 Å². The number of hydrogen-bond acceptors (Lipinski definition) is 5. The molecule has 11 heteroatoms. The second-order valence-corrected chi connectivity index (χ2v) is 8.26. The van der Waals surface area contributed by atoms with E-state index in [0.717, 1.165) is 18.4 Å². The third kappa shape index (κ3) is 4.19. The Kier molecular flexibility index (Phi) is 4.85. The van der Waals surface area contributed by atoms with Crippen molar-refractivity contribution in [1.82, 2.24) is 14.9 Å². The molecule has 0 fully saturated rings. The molecule has 3 rings (SSSR count). The SMILES string of the molecule is CS(=O)(=O)c1nc2c(c(=O)[nH]1)CN(Cc1ccc(C(F)(F)F)cc1F)CC2. The molecule has 0 unspecified atom stereocenters. The van der Waals surface area contributed by atoms with Crippen molar-refractivity contribution in [1.29, 1.82) is 0 Å². The zero-order valence-corrected chi connectivity index (χ0v) is 14.9. The van der Waals surface area contributed by atoms with Crippen molar-refractivity contribution in [3.05, 3.63) is 56.8 Å². The van der Waals surface area contributed by atoms with Gasteiger partial charge in [0.2, 0.25) is 15.0 Å². The Bertz CT molecular complexity index is 1050. The van der Waals surface area contributed by atoms with Crippen LogP contribution in [0, 0.1) is 5.82 Å². The van der Waals surface area contributed by atoms with E-state index in [1.165, 1.54) is 0 Å². The lowest BCUT2D eigenvalue weighted by Gasteiger charge is -2.27. The van der Waals surface area contributed by atoms with Crippen LogP contribution in [-0.2, 0) is 35.5 Å². The normalized spacial score (nSPS) is 15.6. The van der Waals surface area contributed by atoms with Crippen LogP contribution in [0.3, 0.4) is 0 Å². The van der Waals surface area contributed by atoms with E-state index in [9.17, 15) is 30.8 Å². The molecule has 0 spiro atoms. The van der Waals surface area contributed by atoms with Gasteiger partial charge in [0.05, 0.1) is 16.8 Å². The Morgan fingerprint density at radius 1 is 1.30 bits per heavy atom. The van der Waals surface area contributed by atoms with E-state index in [2.05, 4.69) is 9.97 Å². The highest BCUT2D eigenvalue weighted by atomic mass is 32.2. The molecule has 0 aliphatic carbocycles. The van der Waals surface area contributed by atoms with E-state index in [1.807, 2.05) is 0 Å². The summed E-state index contributed by atoms with van der Waals surface area (Å²) in [6.07, 6.45) is -3.43. The second kappa shape index (κ2) is 6.71. The number of hydrogen-bond donors (Lipinski definition) is 1. The van der Waals surface area contributed by atoms with Gasteiger partial charge >= 0.3 is 6.18 Å². The largest absolute Gasteiger partial charge is 0.416 e. The zero-order chi connectivity index (χ0) is 20.0. The van der Waals surface area contributed by atoms with E-state index in [0.29, 0.717) is 18.3 Å². The van der Waals surface area contributed by atoms with Gasteiger partial charge in [-0.25, -0.2) is 17.8 Å². The number of alkyl halides is 3. The van der Waals surface area contributed by atoms with E-state index in [1.54, 1.807) is 4.90 Å². The molecule has 1 aliphatic rings. The van der Waals surface area contributed by atoms with Gasteiger partial charge in [-0.1, -0.05) is 6.07 Å². The number of H-pyrrole nitrogens is 1. The summed E-state index contributed by atoms with van der Waals surface area (Å²) in [7, 11) is -3.66. The Balaban J connectivity index is 1.82. The summed E-state index contributed by atoms with van der Waals surface area (Å²) >= 11 is 0. The monoisotopic (exact) mass is 405 g/mol. The summed E-state index contributed by atoms with van der Waals surface area (Å²) in [5, 5.41) is -0.409. The van der Waals surface area contributed by atoms with Crippen LogP contribution in [0.4, 0.5) is 17.6 Å². The lowest BCUT2D eigenvalue weighted by Crippen LogP contribution is -2.36. The lowest BCUT2D eigenvalue weighted by atomic mass is 10.1. The maximum absolute atomic E-state index is 14.0. The molecular formula is C16H15F4N3O3S. The number of nitrogens with zero attached hydrogens (tertiary/aromatic N) is 2. The summed E-state index contributed by atoms with van der Waals surface area (Å²) in [6.45, 7) is 0.450. The Morgan fingerprint density at radius 2 is 2.00 bits per heavy atom. The first-order valence-corrected chi connectivity index (χ1v) is 9.74. The van der Waals surface area contributed by atoms with E-state index >= 15 is 0 Å². The highest BCUT2D eigenvalue weighted by Crippen LogP contribution is 2.30. The van der Waals surface area contributed by atoms with Crippen LogP contribution in [0.1, 0.15) is 22.4 Å². The first-order valence-electron chi connectivity index (χ1n) is 7.85. The molecule has 0 saturated heterocycles. The van der Waals surface area contributed by atoms with Gasteiger partial charge in [-0.2, -0.15) is 13.2 Å². The smallest absolute Gasteiger partial charge is 0.297 e. The van der Waals surface area contributed by atoms with Gasteiger partial charge in [0.15, 0.2) is 0 Å². The van der Waals surface area contributed by atoms with Gasteiger partial charge in [0.1, 0.15) is 5.82 Å². The van der Waals surface area contributed by atoms with Gasteiger partial charge < -0.3 is 0 Å². The van der Waals surface area contributed by atoms with Gasteiger partial charge in [-0.05, 0) is 12.1 Å². The fourth-order valence-corrected chi connectivity index (χ4v) is 3.42. The number of nitrogens with one attached hydrogen (secondary N) is 1. The maximum atomic E-state index is 14.0. The molecule has 0 radical (unpaired) electrons. The fraction of sp³-hybridized carbons (Fsp3) is 0.375. The molecule has 1 aromatic heterocycles. The minimum absolute atomic E-state index is 0.0106. The van der Waals surface area contributed by atoms with Gasteiger partial charge in [0.25, 0.3) is 5.56 Å². The molecule has 0 atom stereocenters. The van der Waals surface area contributed by atoms with Crippen molar-refractivity contribution in [2.75, 3.05) is 12.8 Å². The minimum atomic E-state index is -4.63. The number of aromatic nitrogens is 2. The third-order valence-corrected chi connectivity index (χ3v) is 5.15. The van der Waals surface area contributed by atoms with Gasteiger partial charge in [0, 0.05) is 37.9 Å². The Morgan fingerprint density at radius 3 is 2.59 bits per heavy atom. The molecule has 1 aromatic carbocycles. The molecule has 2 heterocycles. The van der Waals surface area contributed by atoms with Crippen LogP contribution in [-0.4, -0.2) is 36.1 Å². The van der Waals surface area contributed by atoms with Crippen LogP contribution in [0.2, 0.25) is 0 Å². The van der Waals surface area contributed by atoms with Crippen molar-refractivity contribution >= 4 is 9.84 Å². The fourth-order valence-electron chi connectivity index (χ4n) is 2.86. The molecular weight excluding hydrogens is 390 g/mol. The van der Waals surface area contributed by atoms with E-state index in [4.69, 9.17) is 0 Å². The lowest BCUT2D eigenvalue weighted by molar-refractivity contribution is -0.137. The Labute approximate surface area is 151 Å². The van der Waals surface area contributed by atoms with Crippen molar-refractivity contribution in [3.8, 4) is 0 Å². The summed E-state index contributed by atoms with van der Waals surface area (Å²) in [5.41, 5.74) is -0.979. The summed E-state index contributed by atoms with van der Waals surface area (Å²) in [5.74, 6) is -0.977. The quantitative estimate of drug-likeness (QED) is 0.623. The summed E-state index contributed by atoms with van der Waals surface area (Å²) in [6, 6.07) is 2.33. The molecule has 0 amide bonds. The minimum Gasteiger partial charge on any atom is -0.297 e. The first kappa shape index (κ1) is 19.5. The van der Waals surface area contributed by atoms with Gasteiger partial charge in [-0.15, -0.1) is 0 Å². The standard InChI is InChI=1S/C16H15F4N3O3S/c1-27(25,26)15-21-13-4-5-23(8-11(13)14(24)22-15)7-9-2-3-10(6-12(9)17)16(18,19)20/h2-3,6H,4-5,7-8H2,1H3,(H,21,22,24).